The summed E-state index contributed by atoms with van der Waals surface area (Å²) >= 11 is 0. The maximum atomic E-state index is 12.5. The molecular weight excluding hydrogens is 266 g/mol. The van der Waals surface area contributed by atoms with Crippen LogP contribution in [0.15, 0.2) is 10.9 Å². The Morgan fingerprint density at radius 1 is 1.19 bits per heavy atom. The van der Waals surface area contributed by atoms with Gasteiger partial charge in [-0.25, -0.2) is 0 Å². The molecule has 0 saturated carbocycles. The van der Waals surface area contributed by atoms with Gasteiger partial charge in [-0.15, -0.1) is 0 Å². The SMILES string of the molecule is CCCn1c(C)cc(N2CCN(CC)CC2)c(C=O)c1=O. The minimum absolute atomic E-state index is 0.153. The van der Waals surface area contributed by atoms with Crippen LogP contribution in [0.3, 0.4) is 0 Å². The Labute approximate surface area is 126 Å². The number of hydrogen-bond acceptors (Lipinski definition) is 4. The largest absolute Gasteiger partial charge is 0.368 e. The van der Waals surface area contributed by atoms with E-state index in [0.717, 1.165) is 56.8 Å². The number of pyridine rings is 1. The maximum absolute atomic E-state index is 12.5. The molecule has 0 bridgehead atoms. The smallest absolute Gasteiger partial charge is 0.263 e. The first-order valence-corrected chi connectivity index (χ1v) is 7.79. The zero-order chi connectivity index (χ0) is 15.4. The highest BCUT2D eigenvalue weighted by Crippen LogP contribution is 2.20. The van der Waals surface area contributed by atoms with E-state index in [1.165, 1.54) is 0 Å². The number of aryl methyl sites for hydroxylation is 1. The molecule has 0 spiro atoms. The van der Waals surface area contributed by atoms with Crippen LogP contribution in [0, 0.1) is 6.92 Å². The van der Waals surface area contributed by atoms with Crippen molar-refractivity contribution >= 4 is 12.0 Å². The molecule has 0 aromatic carbocycles. The van der Waals surface area contributed by atoms with Crippen molar-refractivity contribution in [3.63, 3.8) is 0 Å². The Morgan fingerprint density at radius 2 is 1.86 bits per heavy atom. The summed E-state index contributed by atoms with van der Waals surface area (Å²) in [6.07, 6.45) is 1.60. The van der Waals surface area contributed by atoms with Gasteiger partial charge in [-0.3, -0.25) is 9.59 Å². The molecule has 2 heterocycles. The van der Waals surface area contributed by atoms with Crippen LogP contribution in [0.4, 0.5) is 5.69 Å². The van der Waals surface area contributed by atoms with E-state index in [1.54, 1.807) is 4.57 Å². The Balaban J connectivity index is 2.36. The molecule has 0 amide bonds. The molecule has 1 aromatic heterocycles. The van der Waals surface area contributed by atoms with Crippen LogP contribution in [-0.2, 0) is 6.54 Å². The molecule has 1 aliphatic heterocycles. The van der Waals surface area contributed by atoms with Gasteiger partial charge in [0.1, 0.15) is 5.56 Å². The lowest BCUT2D eigenvalue weighted by molar-refractivity contribution is 0.112. The number of nitrogens with zero attached hydrogens (tertiary/aromatic N) is 3. The third-order valence-electron chi connectivity index (χ3n) is 4.25. The zero-order valence-electron chi connectivity index (χ0n) is 13.3. The molecule has 0 aliphatic carbocycles. The molecule has 2 rings (SSSR count). The molecular formula is C16H25N3O2. The van der Waals surface area contributed by atoms with Crippen molar-refractivity contribution in [1.82, 2.24) is 9.47 Å². The number of rotatable bonds is 5. The van der Waals surface area contributed by atoms with Crippen LogP contribution in [0.5, 0.6) is 0 Å². The van der Waals surface area contributed by atoms with Crippen LogP contribution < -0.4 is 10.5 Å². The van der Waals surface area contributed by atoms with E-state index in [9.17, 15) is 9.59 Å². The van der Waals surface area contributed by atoms with Gasteiger partial charge in [0.05, 0.1) is 5.69 Å². The quantitative estimate of drug-likeness (QED) is 0.772. The van der Waals surface area contributed by atoms with Gasteiger partial charge in [-0.2, -0.15) is 0 Å². The van der Waals surface area contributed by atoms with E-state index in [1.807, 2.05) is 19.9 Å². The first kappa shape index (κ1) is 15.8. The molecule has 0 unspecified atom stereocenters. The summed E-state index contributed by atoms with van der Waals surface area (Å²) in [6.45, 7) is 11.5. The molecule has 0 N–H and O–H groups in total. The van der Waals surface area contributed by atoms with Crippen molar-refractivity contribution in [1.29, 1.82) is 0 Å². The van der Waals surface area contributed by atoms with Crippen LogP contribution >= 0.6 is 0 Å². The molecule has 1 saturated heterocycles. The highest BCUT2D eigenvalue weighted by atomic mass is 16.1. The number of piperazine rings is 1. The highest BCUT2D eigenvalue weighted by molar-refractivity contribution is 5.84. The van der Waals surface area contributed by atoms with E-state index in [0.29, 0.717) is 12.1 Å². The fourth-order valence-corrected chi connectivity index (χ4v) is 2.95. The third kappa shape index (κ3) is 3.18. The summed E-state index contributed by atoms with van der Waals surface area (Å²) in [7, 11) is 0. The van der Waals surface area contributed by atoms with Gasteiger partial charge in [0.2, 0.25) is 0 Å². The van der Waals surface area contributed by atoms with Crippen molar-refractivity contribution < 1.29 is 4.79 Å². The lowest BCUT2D eigenvalue weighted by Gasteiger charge is -2.36. The monoisotopic (exact) mass is 291 g/mol. The molecule has 5 heteroatoms. The topological polar surface area (TPSA) is 45.5 Å². The molecule has 21 heavy (non-hydrogen) atoms. The summed E-state index contributed by atoms with van der Waals surface area (Å²) in [5.41, 5.74) is 1.88. The Bertz CT molecular complexity index is 557. The number of hydrogen-bond donors (Lipinski definition) is 0. The first-order valence-electron chi connectivity index (χ1n) is 7.79. The minimum atomic E-state index is -0.153. The Hall–Kier alpha value is -1.62. The van der Waals surface area contributed by atoms with Crippen molar-refractivity contribution in [2.45, 2.75) is 33.7 Å². The summed E-state index contributed by atoms with van der Waals surface area (Å²) in [4.78, 5) is 28.5. The van der Waals surface area contributed by atoms with Crippen LogP contribution in [-0.4, -0.2) is 48.5 Å². The molecule has 1 aromatic rings. The number of likely N-dealkylation sites (N-methyl/N-ethyl adjacent to an activating group) is 1. The van der Waals surface area contributed by atoms with Gasteiger partial charge in [0, 0.05) is 38.4 Å². The standard InChI is InChI=1S/C16H25N3O2/c1-4-6-19-13(3)11-15(14(12-20)16(19)21)18-9-7-17(5-2)8-10-18/h11-12H,4-10H2,1-3H3. The second kappa shape index (κ2) is 6.89. The van der Waals surface area contributed by atoms with E-state index < -0.39 is 0 Å². The third-order valence-corrected chi connectivity index (χ3v) is 4.25. The second-order valence-corrected chi connectivity index (χ2v) is 5.58. The lowest BCUT2D eigenvalue weighted by Crippen LogP contribution is -2.47. The highest BCUT2D eigenvalue weighted by Gasteiger charge is 2.21. The Morgan fingerprint density at radius 3 is 2.38 bits per heavy atom. The fourth-order valence-electron chi connectivity index (χ4n) is 2.95. The lowest BCUT2D eigenvalue weighted by atomic mass is 10.1. The predicted octanol–water partition coefficient (Wildman–Crippen LogP) is 1.52. The van der Waals surface area contributed by atoms with Gasteiger partial charge in [0.25, 0.3) is 5.56 Å². The Kier molecular flexibility index (Phi) is 5.17. The van der Waals surface area contributed by atoms with Crippen LogP contribution in [0.1, 0.15) is 36.3 Å². The second-order valence-electron chi connectivity index (χ2n) is 5.58. The maximum Gasteiger partial charge on any atom is 0.263 e. The number of carbonyl (C=O) groups is 1. The average Bonchev–Trinajstić information content (AvgIpc) is 2.51. The number of anilines is 1. The van der Waals surface area contributed by atoms with Gasteiger partial charge in [-0.05, 0) is 26.0 Å². The summed E-state index contributed by atoms with van der Waals surface area (Å²) in [5, 5.41) is 0. The fraction of sp³-hybridized carbons (Fsp3) is 0.625. The molecule has 1 fully saturated rings. The van der Waals surface area contributed by atoms with E-state index in [2.05, 4.69) is 16.7 Å². The van der Waals surface area contributed by atoms with Gasteiger partial charge >= 0.3 is 0 Å². The molecule has 0 radical (unpaired) electrons. The average molecular weight is 291 g/mol. The van der Waals surface area contributed by atoms with E-state index >= 15 is 0 Å². The van der Waals surface area contributed by atoms with Crippen molar-refractivity contribution in [2.75, 3.05) is 37.6 Å². The van der Waals surface area contributed by atoms with Gasteiger partial charge in [0.15, 0.2) is 6.29 Å². The number of carbonyl (C=O) groups excluding carboxylic acids is 1. The number of aldehydes is 1. The predicted molar refractivity (Wildman–Crippen MR) is 85.4 cm³/mol. The van der Waals surface area contributed by atoms with Crippen molar-refractivity contribution in [2.24, 2.45) is 0 Å². The van der Waals surface area contributed by atoms with Gasteiger partial charge in [-0.1, -0.05) is 13.8 Å². The normalized spacial score (nSPS) is 16.2. The van der Waals surface area contributed by atoms with Gasteiger partial charge < -0.3 is 14.4 Å². The molecule has 5 nitrogen and oxygen atoms in total. The summed E-state index contributed by atoms with van der Waals surface area (Å²) < 4.78 is 1.70. The van der Waals surface area contributed by atoms with Crippen molar-refractivity contribution in [3.05, 3.63) is 27.7 Å². The molecule has 0 atom stereocenters. The summed E-state index contributed by atoms with van der Waals surface area (Å²) in [5.74, 6) is 0. The van der Waals surface area contributed by atoms with Crippen LogP contribution in [0.2, 0.25) is 0 Å². The number of aromatic nitrogens is 1. The van der Waals surface area contributed by atoms with E-state index in [-0.39, 0.29) is 5.56 Å². The van der Waals surface area contributed by atoms with E-state index in [4.69, 9.17) is 0 Å². The van der Waals surface area contributed by atoms with Crippen molar-refractivity contribution in [3.8, 4) is 0 Å². The molecule has 116 valence electrons. The zero-order valence-corrected chi connectivity index (χ0v) is 13.3. The molecule has 1 aliphatic rings. The summed E-state index contributed by atoms with van der Waals surface area (Å²) in [6, 6.07) is 1.99. The minimum Gasteiger partial charge on any atom is -0.368 e. The van der Waals surface area contributed by atoms with Crippen LogP contribution in [0.25, 0.3) is 0 Å². The first-order chi connectivity index (χ1) is 10.1.